The van der Waals surface area contributed by atoms with Gasteiger partial charge in [-0.15, -0.1) is 0 Å². The Morgan fingerprint density at radius 2 is 2.16 bits per heavy atom. The SMILES string of the molecule is COc1ccc2c(n1)N(C)CCN2C(=O)c1ncoc1-c1ccon1. The number of carbonyl (C=O) groups is 1. The molecule has 0 unspecified atom stereocenters. The van der Waals surface area contributed by atoms with E-state index in [1.54, 1.807) is 24.1 Å². The van der Waals surface area contributed by atoms with Gasteiger partial charge in [-0.05, 0) is 6.07 Å². The van der Waals surface area contributed by atoms with Crippen LogP contribution in [0.15, 0.2) is 39.8 Å². The predicted octanol–water partition coefficient (Wildman–Crippen LogP) is 1.83. The van der Waals surface area contributed by atoms with Crippen molar-refractivity contribution in [1.82, 2.24) is 15.1 Å². The first kappa shape index (κ1) is 15.2. The van der Waals surface area contributed by atoms with Gasteiger partial charge in [-0.1, -0.05) is 5.16 Å². The van der Waals surface area contributed by atoms with Crippen LogP contribution in [0.3, 0.4) is 0 Å². The van der Waals surface area contributed by atoms with E-state index in [9.17, 15) is 4.79 Å². The van der Waals surface area contributed by atoms with Crippen LogP contribution < -0.4 is 14.5 Å². The van der Waals surface area contributed by atoms with Crippen LogP contribution in [0, 0.1) is 0 Å². The Labute approximate surface area is 142 Å². The third-order valence-corrected chi connectivity index (χ3v) is 4.04. The van der Waals surface area contributed by atoms with Crippen LogP contribution in [0.5, 0.6) is 5.88 Å². The second-order valence-corrected chi connectivity index (χ2v) is 5.49. The van der Waals surface area contributed by atoms with Gasteiger partial charge in [0, 0.05) is 32.3 Å². The second kappa shape index (κ2) is 5.93. The zero-order valence-electron chi connectivity index (χ0n) is 13.7. The van der Waals surface area contributed by atoms with E-state index in [-0.39, 0.29) is 17.4 Å². The Kier molecular flexibility index (Phi) is 3.60. The first-order chi connectivity index (χ1) is 12.2. The average Bonchev–Trinajstić information content (AvgIpc) is 3.32. The highest BCUT2D eigenvalue weighted by molar-refractivity contribution is 6.09. The summed E-state index contributed by atoms with van der Waals surface area (Å²) in [6.45, 7) is 1.14. The molecular formula is C16H15N5O4. The van der Waals surface area contributed by atoms with Gasteiger partial charge in [0.1, 0.15) is 6.26 Å². The Hall–Kier alpha value is -3.36. The summed E-state index contributed by atoms with van der Waals surface area (Å²) in [5, 5.41) is 3.81. The van der Waals surface area contributed by atoms with Crippen molar-refractivity contribution in [2.24, 2.45) is 0 Å². The fraction of sp³-hybridized carbons (Fsp3) is 0.250. The molecule has 4 rings (SSSR count). The van der Waals surface area contributed by atoms with Crippen molar-refractivity contribution in [3.63, 3.8) is 0 Å². The standard InChI is InChI=1S/C16H15N5O4/c1-20-6-7-21(11-3-4-12(23-2)18-15(11)20)16(22)13-14(24-9-17-13)10-5-8-25-19-10/h3-5,8-9H,6-7H2,1-2H3. The maximum Gasteiger partial charge on any atom is 0.281 e. The van der Waals surface area contributed by atoms with Crippen molar-refractivity contribution in [3.8, 4) is 17.3 Å². The fourth-order valence-electron chi connectivity index (χ4n) is 2.75. The lowest BCUT2D eigenvalue weighted by Gasteiger charge is -2.34. The number of anilines is 2. The number of rotatable bonds is 3. The monoisotopic (exact) mass is 341 g/mol. The number of carbonyl (C=O) groups excluding carboxylic acids is 1. The van der Waals surface area contributed by atoms with Crippen LogP contribution in [-0.4, -0.2) is 48.3 Å². The van der Waals surface area contributed by atoms with Crippen LogP contribution in [-0.2, 0) is 0 Å². The first-order valence-electron chi connectivity index (χ1n) is 7.61. The van der Waals surface area contributed by atoms with Crippen molar-refractivity contribution in [3.05, 3.63) is 36.5 Å². The largest absolute Gasteiger partial charge is 0.481 e. The quantitative estimate of drug-likeness (QED) is 0.711. The summed E-state index contributed by atoms with van der Waals surface area (Å²) in [5.41, 5.74) is 1.29. The number of oxazole rings is 1. The van der Waals surface area contributed by atoms with E-state index in [2.05, 4.69) is 15.1 Å². The van der Waals surface area contributed by atoms with Crippen molar-refractivity contribution in [2.45, 2.75) is 0 Å². The van der Waals surface area contributed by atoms with Crippen LogP contribution in [0.4, 0.5) is 11.5 Å². The number of hydrogen-bond donors (Lipinski definition) is 0. The molecule has 3 aromatic rings. The highest BCUT2D eigenvalue weighted by Crippen LogP contribution is 2.34. The number of methoxy groups -OCH3 is 1. The molecule has 0 aromatic carbocycles. The van der Waals surface area contributed by atoms with Crippen molar-refractivity contribution < 1.29 is 18.5 Å². The molecule has 1 amide bonds. The van der Waals surface area contributed by atoms with Gasteiger partial charge in [-0.25, -0.2) is 4.98 Å². The van der Waals surface area contributed by atoms with E-state index in [1.165, 1.54) is 12.7 Å². The summed E-state index contributed by atoms with van der Waals surface area (Å²) >= 11 is 0. The lowest BCUT2D eigenvalue weighted by molar-refractivity contribution is 0.0982. The zero-order chi connectivity index (χ0) is 17.4. The fourth-order valence-corrected chi connectivity index (χ4v) is 2.75. The highest BCUT2D eigenvalue weighted by atomic mass is 16.5. The van der Waals surface area contributed by atoms with Crippen molar-refractivity contribution in [1.29, 1.82) is 0 Å². The van der Waals surface area contributed by atoms with Crippen LogP contribution in [0.25, 0.3) is 11.5 Å². The van der Waals surface area contributed by atoms with Gasteiger partial charge in [-0.2, -0.15) is 4.98 Å². The Morgan fingerprint density at radius 3 is 2.92 bits per heavy atom. The summed E-state index contributed by atoms with van der Waals surface area (Å²) in [6, 6.07) is 5.14. The van der Waals surface area contributed by atoms with Crippen LogP contribution in [0.2, 0.25) is 0 Å². The van der Waals surface area contributed by atoms with E-state index in [0.29, 0.717) is 36.2 Å². The number of hydrogen-bond acceptors (Lipinski definition) is 8. The van der Waals surface area contributed by atoms with E-state index in [4.69, 9.17) is 13.7 Å². The Bertz CT molecular complexity index is 905. The molecule has 0 aliphatic carbocycles. The molecule has 0 fully saturated rings. The van der Waals surface area contributed by atoms with Gasteiger partial charge >= 0.3 is 0 Å². The maximum atomic E-state index is 13.1. The maximum absolute atomic E-state index is 13.1. The second-order valence-electron chi connectivity index (χ2n) is 5.49. The smallest absolute Gasteiger partial charge is 0.281 e. The molecule has 4 heterocycles. The van der Waals surface area contributed by atoms with Gasteiger partial charge in [0.05, 0.1) is 12.8 Å². The molecule has 0 saturated carbocycles. The summed E-state index contributed by atoms with van der Waals surface area (Å²) in [6.07, 6.45) is 2.63. The lowest BCUT2D eigenvalue weighted by atomic mass is 10.2. The number of fused-ring (bicyclic) bond motifs is 1. The molecule has 0 bridgehead atoms. The number of nitrogens with zero attached hydrogens (tertiary/aromatic N) is 5. The molecule has 128 valence electrons. The van der Waals surface area contributed by atoms with Gasteiger partial charge in [0.15, 0.2) is 29.4 Å². The molecule has 3 aromatic heterocycles. The van der Waals surface area contributed by atoms with Gasteiger partial charge in [-0.3, -0.25) is 4.79 Å². The molecule has 9 nitrogen and oxygen atoms in total. The average molecular weight is 341 g/mol. The Morgan fingerprint density at radius 1 is 1.28 bits per heavy atom. The van der Waals surface area contributed by atoms with E-state index in [0.717, 1.165) is 0 Å². The molecule has 1 aliphatic heterocycles. The van der Waals surface area contributed by atoms with Crippen molar-refractivity contribution in [2.75, 3.05) is 37.0 Å². The third-order valence-electron chi connectivity index (χ3n) is 4.04. The number of pyridine rings is 1. The molecule has 9 heteroatoms. The predicted molar refractivity (Wildman–Crippen MR) is 87.7 cm³/mol. The minimum absolute atomic E-state index is 0.181. The number of likely N-dealkylation sites (N-methyl/N-ethyl adjacent to an activating group) is 1. The summed E-state index contributed by atoms with van der Waals surface area (Å²) < 4.78 is 15.3. The topological polar surface area (TPSA) is 97.7 Å². The summed E-state index contributed by atoms with van der Waals surface area (Å²) in [7, 11) is 3.48. The number of aromatic nitrogens is 3. The van der Waals surface area contributed by atoms with Crippen LogP contribution >= 0.6 is 0 Å². The molecule has 0 radical (unpaired) electrons. The van der Waals surface area contributed by atoms with Gasteiger partial charge in [0.2, 0.25) is 5.88 Å². The molecule has 25 heavy (non-hydrogen) atoms. The Balaban J connectivity index is 1.73. The first-order valence-corrected chi connectivity index (χ1v) is 7.61. The lowest BCUT2D eigenvalue weighted by Crippen LogP contribution is -2.43. The molecule has 0 N–H and O–H groups in total. The highest BCUT2D eigenvalue weighted by Gasteiger charge is 2.31. The van der Waals surface area contributed by atoms with Gasteiger partial charge < -0.3 is 23.5 Å². The van der Waals surface area contributed by atoms with Gasteiger partial charge in [0.25, 0.3) is 5.91 Å². The third kappa shape index (κ3) is 2.49. The minimum Gasteiger partial charge on any atom is -0.481 e. The minimum atomic E-state index is -0.284. The summed E-state index contributed by atoms with van der Waals surface area (Å²) in [4.78, 5) is 25.2. The number of amides is 1. The molecule has 0 saturated heterocycles. The van der Waals surface area contributed by atoms with Crippen molar-refractivity contribution >= 4 is 17.4 Å². The summed E-state index contributed by atoms with van der Waals surface area (Å²) in [5.74, 6) is 1.16. The molecule has 0 spiro atoms. The molecular weight excluding hydrogens is 326 g/mol. The van der Waals surface area contributed by atoms with E-state index >= 15 is 0 Å². The zero-order valence-corrected chi connectivity index (χ0v) is 13.7. The molecule has 1 aliphatic rings. The number of ether oxygens (including phenoxy) is 1. The normalized spacial score (nSPS) is 13.7. The van der Waals surface area contributed by atoms with E-state index < -0.39 is 0 Å². The van der Waals surface area contributed by atoms with Crippen LogP contribution in [0.1, 0.15) is 10.5 Å². The van der Waals surface area contributed by atoms with E-state index in [1.807, 2.05) is 18.0 Å². The molecule has 0 atom stereocenters.